The van der Waals surface area contributed by atoms with Crippen LogP contribution in [0.5, 0.6) is 11.5 Å². The molecule has 0 fully saturated rings. The van der Waals surface area contributed by atoms with Gasteiger partial charge in [0.15, 0.2) is 0 Å². The fourth-order valence-electron chi connectivity index (χ4n) is 1.85. The summed E-state index contributed by atoms with van der Waals surface area (Å²) in [6.45, 7) is 6.83. The molecular formula is C17H20ClNO2. The van der Waals surface area contributed by atoms with Crippen molar-refractivity contribution in [1.82, 2.24) is 4.98 Å². The van der Waals surface area contributed by atoms with Crippen LogP contribution < -0.4 is 9.47 Å². The molecule has 0 saturated heterocycles. The third-order valence-electron chi connectivity index (χ3n) is 3.21. The van der Waals surface area contributed by atoms with Crippen molar-refractivity contribution in [2.45, 2.75) is 32.8 Å². The van der Waals surface area contributed by atoms with Gasteiger partial charge < -0.3 is 9.47 Å². The maximum Gasteiger partial charge on any atom is 0.138 e. The lowest BCUT2D eigenvalue weighted by Gasteiger charge is -2.20. The molecule has 2 rings (SSSR count). The summed E-state index contributed by atoms with van der Waals surface area (Å²) in [6.07, 6.45) is 1.67. The molecule has 4 heteroatoms. The molecule has 0 aliphatic rings. The number of ether oxygens (including phenoxy) is 2. The van der Waals surface area contributed by atoms with Gasteiger partial charge in [-0.1, -0.05) is 38.4 Å². The van der Waals surface area contributed by atoms with E-state index in [9.17, 15) is 0 Å². The first-order chi connectivity index (χ1) is 9.90. The zero-order valence-electron chi connectivity index (χ0n) is 12.8. The Balaban J connectivity index is 2.06. The van der Waals surface area contributed by atoms with Gasteiger partial charge in [0.05, 0.1) is 24.0 Å². The molecule has 21 heavy (non-hydrogen) atoms. The maximum absolute atomic E-state index is 6.28. The van der Waals surface area contributed by atoms with E-state index in [0.29, 0.717) is 17.4 Å². The van der Waals surface area contributed by atoms with E-state index in [4.69, 9.17) is 21.1 Å². The van der Waals surface area contributed by atoms with Gasteiger partial charge >= 0.3 is 0 Å². The second-order valence-electron chi connectivity index (χ2n) is 5.87. The van der Waals surface area contributed by atoms with Crippen molar-refractivity contribution in [2.24, 2.45) is 0 Å². The Bertz CT molecular complexity index is 603. The van der Waals surface area contributed by atoms with Crippen LogP contribution in [0.2, 0.25) is 5.02 Å². The highest BCUT2D eigenvalue weighted by Gasteiger charge is 2.15. The number of halogens is 1. The Morgan fingerprint density at radius 1 is 1.14 bits per heavy atom. The van der Waals surface area contributed by atoms with E-state index in [0.717, 1.165) is 11.4 Å². The van der Waals surface area contributed by atoms with Crippen LogP contribution in [-0.4, -0.2) is 12.1 Å². The number of benzene rings is 1. The summed E-state index contributed by atoms with van der Waals surface area (Å²) < 4.78 is 10.8. The van der Waals surface area contributed by atoms with Gasteiger partial charge in [-0.3, -0.25) is 4.98 Å². The summed E-state index contributed by atoms with van der Waals surface area (Å²) in [7, 11) is 1.61. The minimum atomic E-state index is 0.0692. The molecule has 0 saturated carbocycles. The Kier molecular flexibility index (Phi) is 4.73. The van der Waals surface area contributed by atoms with Crippen LogP contribution in [0.4, 0.5) is 0 Å². The lowest BCUT2D eigenvalue weighted by atomic mass is 9.87. The third-order valence-corrected chi connectivity index (χ3v) is 3.50. The number of aromatic nitrogens is 1. The minimum Gasteiger partial charge on any atom is -0.495 e. The van der Waals surface area contributed by atoms with E-state index in [1.54, 1.807) is 13.3 Å². The molecule has 0 aliphatic carbocycles. The normalized spacial score (nSPS) is 11.3. The van der Waals surface area contributed by atoms with Crippen molar-refractivity contribution >= 4 is 11.6 Å². The van der Waals surface area contributed by atoms with Crippen molar-refractivity contribution in [1.29, 1.82) is 0 Å². The van der Waals surface area contributed by atoms with Gasteiger partial charge in [-0.25, -0.2) is 0 Å². The smallest absolute Gasteiger partial charge is 0.138 e. The first-order valence-corrected chi connectivity index (χ1v) is 7.19. The Labute approximate surface area is 130 Å². The second kappa shape index (κ2) is 6.35. The number of hydrogen-bond donors (Lipinski definition) is 0. The molecule has 0 spiro atoms. The van der Waals surface area contributed by atoms with E-state index >= 15 is 0 Å². The number of pyridine rings is 1. The molecule has 1 aromatic heterocycles. The van der Waals surface area contributed by atoms with E-state index in [1.807, 2.05) is 30.3 Å². The summed E-state index contributed by atoms with van der Waals surface area (Å²) in [6, 6.07) is 9.64. The van der Waals surface area contributed by atoms with Crippen LogP contribution in [0.25, 0.3) is 0 Å². The molecule has 1 aromatic carbocycles. The molecule has 3 nitrogen and oxygen atoms in total. The Hall–Kier alpha value is -1.74. The number of rotatable bonds is 4. The molecule has 0 unspecified atom stereocenters. The molecule has 0 aliphatic heterocycles. The predicted octanol–water partition coefficient (Wildman–Crippen LogP) is 4.62. The molecule has 1 heterocycles. The number of hydrogen-bond acceptors (Lipinski definition) is 3. The van der Waals surface area contributed by atoms with Crippen LogP contribution in [0.1, 0.15) is 32.0 Å². The van der Waals surface area contributed by atoms with E-state index in [2.05, 4.69) is 25.8 Å². The first kappa shape index (κ1) is 15.6. The zero-order valence-corrected chi connectivity index (χ0v) is 13.6. The van der Waals surface area contributed by atoms with Crippen molar-refractivity contribution in [3.63, 3.8) is 0 Å². The number of methoxy groups -OCH3 is 1. The third kappa shape index (κ3) is 4.11. The molecule has 2 aromatic rings. The van der Waals surface area contributed by atoms with Crippen LogP contribution in [0.15, 0.2) is 36.5 Å². The van der Waals surface area contributed by atoms with Crippen molar-refractivity contribution < 1.29 is 9.47 Å². The van der Waals surface area contributed by atoms with Gasteiger partial charge in [-0.05, 0) is 35.2 Å². The van der Waals surface area contributed by atoms with Crippen LogP contribution in [-0.2, 0) is 12.0 Å². The quantitative estimate of drug-likeness (QED) is 0.826. The highest BCUT2D eigenvalue weighted by molar-refractivity contribution is 6.32. The van der Waals surface area contributed by atoms with Crippen molar-refractivity contribution in [2.75, 3.05) is 7.11 Å². The first-order valence-electron chi connectivity index (χ1n) is 6.82. The average molecular weight is 306 g/mol. The lowest BCUT2D eigenvalue weighted by molar-refractivity contribution is 0.301. The van der Waals surface area contributed by atoms with Crippen LogP contribution in [0, 0.1) is 0 Å². The molecule has 0 amide bonds. The van der Waals surface area contributed by atoms with E-state index < -0.39 is 0 Å². The van der Waals surface area contributed by atoms with Crippen LogP contribution >= 0.6 is 11.6 Å². The summed E-state index contributed by atoms with van der Waals surface area (Å²) in [5.74, 6) is 1.40. The zero-order chi connectivity index (χ0) is 15.5. The highest BCUT2D eigenvalue weighted by Crippen LogP contribution is 2.31. The Morgan fingerprint density at radius 3 is 2.43 bits per heavy atom. The molecule has 0 radical (unpaired) electrons. The van der Waals surface area contributed by atoms with E-state index in [-0.39, 0.29) is 5.41 Å². The molecule has 0 atom stereocenters. The average Bonchev–Trinajstić information content (AvgIpc) is 2.45. The molecular weight excluding hydrogens is 286 g/mol. The van der Waals surface area contributed by atoms with Crippen LogP contribution in [0.3, 0.4) is 0 Å². The van der Waals surface area contributed by atoms with Gasteiger partial charge in [0.25, 0.3) is 0 Å². The molecule has 0 N–H and O–H groups in total. The predicted molar refractivity (Wildman–Crippen MR) is 85.3 cm³/mol. The fourth-order valence-corrected chi connectivity index (χ4v) is 2.09. The van der Waals surface area contributed by atoms with Gasteiger partial charge in [-0.2, -0.15) is 0 Å². The highest BCUT2D eigenvalue weighted by atomic mass is 35.5. The minimum absolute atomic E-state index is 0.0692. The molecule has 112 valence electrons. The van der Waals surface area contributed by atoms with Crippen molar-refractivity contribution in [3.05, 3.63) is 52.8 Å². The van der Waals surface area contributed by atoms with Gasteiger partial charge in [0.1, 0.15) is 18.1 Å². The van der Waals surface area contributed by atoms with E-state index in [1.165, 1.54) is 5.56 Å². The standard InChI is InChI=1S/C17H20ClNO2/c1-17(2,3)12-5-8-16(15(18)9-12)21-11-13-6-7-14(20-4)10-19-13/h5-10H,11H2,1-4H3. The van der Waals surface area contributed by atoms with Gasteiger partial charge in [-0.15, -0.1) is 0 Å². The monoisotopic (exact) mass is 305 g/mol. The van der Waals surface area contributed by atoms with Gasteiger partial charge in [0.2, 0.25) is 0 Å². The topological polar surface area (TPSA) is 31.4 Å². The SMILES string of the molecule is COc1ccc(COc2ccc(C(C)(C)C)cc2Cl)nc1. The summed E-state index contributed by atoms with van der Waals surface area (Å²) >= 11 is 6.28. The fraction of sp³-hybridized carbons (Fsp3) is 0.353. The summed E-state index contributed by atoms with van der Waals surface area (Å²) in [5.41, 5.74) is 2.08. The maximum atomic E-state index is 6.28. The lowest BCUT2D eigenvalue weighted by Crippen LogP contribution is -2.11. The summed E-state index contributed by atoms with van der Waals surface area (Å²) in [5, 5.41) is 0.621. The Morgan fingerprint density at radius 2 is 1.90 bits per heavy atom. The van der Waals surface area contributed by atoms with Gasteiger partial charge in [0, 0.05) is 0 Å². The van der Waals surface area contributed by atoms with Crippen molar-refractivity contribution in [3.8, 4) is 11.5 Å². The summed E-state index contributed by atoms with van der Waals surface area (Å²) in [4.78, 5) is 4.26. The number of nitrogens with zero attached hydrogens (tertiary/aromatic N) is 1. The second-order valence-corrected chi connectivity index (χ2v) is 6.28. The molecule has 0 bridgehead atoms. The largest absolute Gasteiger partial charge is 0.495 e.